The standard InChI is InChI=1S/C8H9N5O2S2/c1-5-11-12-8(16-5)13-17(14,15)7-4-10-3-2-6(7)9/h2-4H,1H3,(H2,9,10)(H,12,13). The van der Waals surface area contributed by atoms with Crippen molar-refractivity contribution in [1.82, 2.24) is 15.2 Å². The van der Waals surface area contributed by atoms with Gasteiger partial charge in [-0.1, -0.05) is 11.3 Å². The van der Waals surface area contributed by atoms with Crippen molar-refractivity contribution in [2.75, 3.05) is 10.5 Å². The Morgan fingerprint density at radius 1 is 1.41 bits per heavy atom. The maximum atomic E-state index is 11.9. The van der Waals surface area contributed by atoms with Crippen molar-refractivity contribution in [2.45, 2.75) is 11.8 Å². The molecule has 9 heteroatoms. The summed E-state index contributed by atoms with van der Waals surface area (Å²) in [5.41, 5.74) is 5.71. The highest BCUT2D eigenvalue weighted by molar-refractivity contribution is 7.93. The lowest BCUT2D eigenvalue weighted by atomic mass is 10.4. The molecule has 0 unspecified atom stereocenters. The number of pyridine rings is 1. The highest BCUT2D eigenvalue weighted by Gasteiger charge is 2.19. The summed E-state index contributed by atoms with van der Waals surface area (Å²) in [7, 11) is -3.76. The molecule has 0 aliphatic heterocycles. The van der Waals surface area contributed by atoms with Gasteiger partial charge in [0.2, 0.25) is 5.13 Å². The molecule has 2 aromatic heterocycles. The summed E-state index contributed by atoms with van der Waals surface area (Å²) in [5, 5.41) is 8.25. The summed E-state index contributed by atoms with van der Waals surface area (Å²) in [4.78, 5) is 3.65. The van der Waals surface area contributed by atoms with Gasteiger partial charge in [0.15, 0.2) is 0 Å². The molecule has 0 bridgehead atoms. The minimum atomic E-state index is -3.76. The van der Waals surface area contributed by atoms with Gasteiger partial charge >= 0.3 is 0 Å². The first-order valence-corrected chi connectivity index (χ1v) is 6.81. The maximum Gasteiger partial charge on any atom is 0.267 e. The van der Waals surface area contributed by atoms with Gasteiger partial charge in [-0.05, 0) is 13.0 Å². The number of nitrogens with one attached hydrogen (secondary N) is 1. The fourth-order valence-electron chi connectivity index (χ4n) is 1.12. The summed E-state index contributed by atoms with van der Waals surface area (Å²) in [6, 6.07) is 1.42. The van der Waals surface area contributed by atoms with E-state index >= 15 is 0 Å². The molecular formula is C8H9N5O2S2. The molecule has 90 valence electrons. The van der Waals surface area contributed by atoms with Crippen LogP contribution in [0.3, 0.4) is 0 Å². The Labute approximate surface area is 102 Å². The van der Waals surface area contributed by atoms with E-state index in [2.05, 4.69) is 19.9 Å². The van der Waals surface area contributed by atoms with Crippen LogP contribution in [-0.2, 0) is 10.0 Å². The Kier molecular flexibility index (Phi) is 2.94. The molecule has 0 fully saturated rings. The highest BCUT2D eigenvalue weighted by atomic mass is 32.2. The monoisotopic (exact) mass is 271 g/mol. The quantitative estimate of drug-likeness (QED) is 0.846. The second kappa shape index (κ2) is 4.26. The van der Waals surface area contributed by atoms with Crippen molar-refractivity contribution < 1.29 is 8.42 Å². The predicted molar refractivity (Wildman–Crippen MR) is 64.1 cm³/mol. The number of rotatable bonds is 3. The van der Waals surface area contributed by atoms with Crippen molar-refractivity contribution in [2.24, 2.45) is 0 Å². The Morgan fingerprint density at radius 2 is 2.18 bits per heavy atom. The Hall–Kier alpha value is -1.74. The van der Waals surface area contributed by atoms with E-state index in [0.717, 1.165) is 11.3 Å². The van der Waals surface area contributed by atoms with Gasteiger partial charge in [0, 0.05) is 12.4 Å². The third kappa shape index (κ3) is 2.50. The average molecular weight is 271 g/mol. The number of nitrogens with zero attached hydrogens (tertiary/aromatic N) is 3. The van der Waals surface area contributed by atoms with E-state index in [1.807, 2.05) is 0 Å². The Morgan fingerprint density at radius 3 is 2.76 bits per heavy atom. The number of sulfonamides is 1. The summed E-state index contributed by atoms with van der Waals surface area (Å²) >= 11 is 1.14. The number of hydrogen-bond donors (Lipinski definition) is 2. The molecule has 0 aromatic carbocycles. The van der Waals surface area contributed by atoms with Gasteiger partial charge in [0.05, 0.1) is 5.69 Å². The molecule has 0 amide bonds. The topological polar surface area (TPSA) is 111 Å². The van der Waals surface area contributed by atoms with Gasteiger partial charge in [0.1, 0.15) is 9.90 Å². The SMILES string of the molecule is Cc1nnc(NS(=O)(=O)c2cnccc2N)s1. The van der Waals surface area contributed by atoms with Crippen LogP contribution >= 0.6 is 11.3 Å². The van der Waals surface area contributed by atoms with Crippen LogP contribution in [0.4, 0.5) is 10.8 Å². The minimum absolute atomic E-state index is 0.0761. The summed E-state index contributed by atoms with van der Waals surface area (Å²) in [6.07, 6.45) is 2.61. The lowest BCUT2D eigenvalue weighted by Gasteiger charge is -2.06. The molecular weight excluding hydrogens is 262 g/mol. The van der Waals surface area contributed by atoms with Gasteiger partial charge in [-0.15, -0.1) is 10.2 Å². The normalized spacial score (nSPS) is 11.4. The van der Waals surface area contributed by atoms with Crippen molar-refractivity contribution >= 4 is 32.2 Å². The van der Waals surface area contributed by atoms with Crippen LogP contribution in [0.15, 0.2) is 23.4 Å². The number of aryl methyl sites for hydroxylation is 1. The van der Waals surface area contributed by atoms with Crippen LogP contribution in [-0.4, -0.2) is 23.6 Å². The molecule has 0 spiro atoms. The number of nitrogen functional groups attached to an aromatic ring is 1. The number of anilines is 2. The first-order chi connectivity index (χ1) is 7.99. The number of aromatic nitrogens is 3. The second-order valence-electron chi connectivity index (χ2n) is 3.15. The molecule has 17 heavy (non-hydrogen) atoms. The van der Waals surface area contributed by atoms with Crippen molar-refractivity contribution in [3.8, 4) is 0 Å². The maximum absolute atomic E-state index is 11.9. The molecule has 0 saturated heterocycles. The summed E-state index contributed by atoms with van der Waals surface area (Å²) in [6.45, 7) is 1.73. The molecule has 0 atom stereocenters. The van der Waals surface area contributed by atoms with E-state index in [0.29, 0.717) is 5.01 Å². The van der Waals surface area contributed by atoms with Crippen LogP contribution in [0.1, 0.15) is 5.01 Å². The van der Waals surface area contributed by atoms with E-state index in [1.54, 1.807) is 6.92 Å². The molecule has 0 saturated carbocycles. The van der Waals surface area contributed by atoms with Crippen LogP contribution < -0.4 is 10.5 Å². The van der Waals surface area contributed by atoms with Gasteiger partial charge in [-0.2, -0.15) is 0 Å². The number of hydrogen-bond acceptors (Lipinski definition) is 7. The van der Waals surface area contributed by atoms with Gasteiger partial charge in [-0.3, -0.25) is 9.71 Å². The highest BCUT2D eigenvalue weighted by Crippen LogP contribution is 2.21. The molecule has 0 aliphatic carbocycles. The van der Waals surface area contributed by atoms with Crippen molar-refractivity contribution in [3.63, 3.8) is 0 Å². The summed E-state index contributed by atoms with van der Waals surface area (Å²) in [5.74, 6) is 0. The van der Waals surface area contributed by atoms with Crippen LogP contribution in [0, 0.1) is 6.92 Å². The number of nitrogens with two attached hydrogens (primary N) is 1. The van der Waals surface area contributed by atoms with Gasteiger partial charge in [0.25, 0.3) is 10.0 Å². The van der Waals surface area contributed by atoms with Crippen LogP contribution in [0.25, 0.3) is 0 Å². The van der Waals surface area contributed by atoms with Crippen LogP contribution in [0.5, 0.6) is 0 Å². The first kappa shape index (κ1) is 11.7. The molecule has 2 rings (SSSR count). The molecule has 2 aromatic rings. The molecule has 0 aliphatic rings. The lowest BCUT2D eigenvalue weighted by Crippen LogP contribution is -2.14. The smallest absolute Gasteiger partial charge is 0.267 e. The second-order valence-corrected chi connectivity index (χ2v) is 5.98. The van der Waals surface area contributed by atoms with Crippen LogP contribution in [0.2, 0.25) is 0 Å². The fourth-order valence-corrected chi connectivity index (χ4v) is 3.02. The lowest BCUT2D eigenvalue weighted by molar-refractivity contribution is 0.601. The summed E-state index contributed by atoms with van der Waals surface area (Å²) < 4.78 is 26.2. The van der Waals surface area contributed by atoms with E-state index in [4.69, 9.17) is 5.73 Å². The third-order valence-electron chi connectivity index (χ3n) is 1.85. The Balaban J connectivity index is 2.35. The first-order valence-electron chi connectivity index (χ1n) is 4.51. The Bertz CT molecular complexity index is 637. The van der Waals surface area contributed by atoms with E-state index in [-0.39, 0.29) is 15.7 Å². The van der Waals surface area contributed by atoms with Crippen molar-refractivity contribution in [3.05, 3.63) is 23.5 Å². The van der Waals surface area contributed by atoms with E-state index in [9.17, 15) is 8.42 Å². The fraction of sp³-hybridized carbons (Fsp3) is 0.125. The third-order valence-corrected chi connectivity index (χ3v) is 4.12. The minimum Gasteiger partial charge on any atom is -0.398 e. The zero-order chi connectivity index (χ0) is 12.5. The molecule has 0 radical (unpaired) electrons. The van der Waals surface area contributed by atoms with Gasteiger partial charge in [-0.25, -0.2) is 8.42 Å². The van der Waals surface area contributed by atoms with E-state index < -0.39 is 10.0 Å². The predicted octanol–water partition coefficient (Wildman–Crippen LogP) is 0.625. The molecule has 7 nitrogen and oxygen atoms in total. The zero-order valence-electron chi connectivity index (χ0n) is 8.78. The molecule has 2 heterocycles. The van der Waals surface area contributed by atoms with Gasteiger partial charge < -0.3 is 5.73 Å². The van der Waals surface area contributed by atoms with E-state index in [1.165, 1.54) is 18.5 Å². The zero-order valence-corrected chi connectivity index (χ0v) is 10.4. The largest absolute Gasteiger partial charge is 0.398 e. The van der Waals surface area contributed by atoms with Crippen molar-refractivity contribution in [1.29, 1.82) is 0 Å². The average Bonchev–Trinajstić information content (AvgIpc) is 2.63. The molecule has 3 N–H and O–H groups in total.